The molecule has 2 amide bonds. The van der Waals surface area contributed by atoms with Crippen LogP contribution >= 0.6 is 22.9 Å². The molecule has 0 aliphatic carbocycles. The maximum Gasteiger partial charge on any atom is 0.253 e. The Hall–Kier alpha value is -1.93. The van der Waals surface area contributed by atoms with Gasteiger partial charge in [0.1, 0.15) is 0 Å². The van der Waals surface area contributed by atoms with Crippen LogP contribution in [0.5, 0.6) is 0 Å². The molecule has 126 valence electrons. The van der Waals surface area contributed by atoms with E-state index in [2.05, 4.69) is 27.6 Å². The van der Waals surface area contributed by atoms with Crippen LogP contribution in [0, 0.1) is 0 Å². The Morgan fingerprint density at radius 1 is 1.21 bits per heavy atom. The first kappa shape index (κ1) is 16.9. The molecule has 4 N–H and O–H groups in total. The Balaban J connectivity index is 1.45. The van der Waals surface area contributed by atoms with Gasteiger partial charge in [-0.3, -0.25) is 9.59 Å². The van der Waals surface area contributed by atoms with Gasteiger partial charge in [-0.1, -0.05) is 29.8 Å². The molecule has 8 heteroatoms. The molecule has 2 unspecified atom stereocenters. The second-order valence-corrected chi connectivity index (χ2v) is 6.76. The number of nitrogens with one attached hydrogen (secondary N) is 4. The zero-order chi connectivity index (χ0) is 16.9. The molecule has 1 saturated heterocycles. The second kappa shape index (κ2) is 7.76. The van der Waals surface area contributed by atoms with Crippen LogP contribution in [0.15, 0.2) is 41.8 Å². The fourth-order valence-corrected chi connectivity index (χ4v) is 3.49. The number of benzene rings is 1. The number of hydrogen-bond donors (Lipinski definition) is 4. The van der Waals surface area contributed by atoms with E-state index in [9.17, 15) is 9.59 Å². The molecule has 0 saturated carbocycles. The predicted molar refractivity (Wildman–Crippen MR) is 93.7 cm³/mol. The summed E-state index contributed by atoms with van der Waals surface area (Å²) in [5.74, 6) is -0.633. The molecule has 0 bridgehead atoms. The molecular formula is C16H17ClN4O2S. The van der Waals surface area contributed by atoms with Crippen molar-refractivity contribution in [3.63, 3.8) is 0 Å². The van der Waals surface area contributed by atoms with Crippen LogP contribution in [-0.2, 0) is 4.79 Å². The van der Waals surface area contributed by atoms with E-state index in [4.69, 9.17) is 11.6 Å². The van der Waals surface area contributed by atoms with Crippen LogP contribution in [0.25, 0.3) is 0 Å². The van der Waals surface area contributed by atoms with E-state index in [1.807, 2.05) is 11.4 Å². The van der Waals surface area contributed by atoms with Crippen molar-refractivity contribution in [2.75, 3.05) is 6.54 Å². The van der Waals surface area contributed by atoms with Gasteiger partial charge >= 0.3 is 0 Å². The van der Waals surface area contributed by atoms with Crippen molar-refractivity contribution in [3.05, 3.63) is 57.2 Å². The first-order valence-corrected chi connectivity index (χ1v) is 8.76. The summed E-state index contributed by atoms with van der Waals surface area (Å²) in [5, 5.41) is 7.79. The molecular weight excluding hydrogens is 348 g/mol. The van der Waals surface area contributed by atoms with Crippen molar-refractivity contribution < 1.29 is 9.59 Å². The molecule has 0 radical (unpaired) electrons. The standard InChI is InChI=1S/C16H17ClN4O2S/c17-11-5-2-1-4-10(11)16(23)18-9-15(22)19-14-8-12(20-21-14)13-6-3-7-24-13/h1-7,12,14,20-21H,8-9H2,(H,18,23)(H,19,22). The van der Waals surface area contributed by atoms with Crippen LogP contribution in [0.3, 0.4) is 0 Å². The Bertz CT molecular complexity index is 723. The van der Waals surface area contributed by atoms with Crippen molar-refractivity contribution in [1.82, 2.24) is 21.5 Å². The van der Waals surface area contributed by atoms with Crippen LogP contribution in [-0.4, -0.2) is 24.5 Å². The highest BCUT2D eigenvalue weighted by molar-refractivity contribution is 7.10. The van der Waals surface area contributed by atoms with Crippen molar-refractivity contribution in [2.24, 2.45) is 0 Å². The Morgan fingerprint density at radius 2 is 2.04 bits per heavy atom. The Morgan fingerprint density at radius 3 is 2.79 bits per heavy atom. The molecule has 3 rings (SSSR count). The van der Waals surface area contributed by atoms with E-state index in [0.29, 0.717) is 10.6 Å². The van der Waals surface area contributed by atoms with Crippen LogP contribution in [0.2, 0.25) is 5.02 Å². The van der Waals surface area contributed by atoms with Gasteiger partial charge < -0.3 is 10.6 Å². The van der Waals surface area contributed by atoms with Crippen molar-refractivity contribution >= 4 is 34.8 Å². The minimum absolute atomic E-state index is 0.105. The SMILES string of the molecule is O=C(CNC(=O)c1ccccc1Cl)NC1CC(c2cccs2)NN1. The van der Waals surface area contributed by atoms with Crippen molar-refractivity contribution in [3.8, 4) is 0 Å². The van der Waals surface area contributed by atoms with E-state index in [1.54, 1.807) is 35.6 Å². The molecule has 1 fully saturated rings. The molecule has 24 heavy (non-hydrogen) atoms. The van der Waals surface area contributed by atoms with Gasteiger partial charge in [0.15, 0.2) is 0 Å². The van der Waals surface area contributed by atoms with Crippen LogP contribution < -0.4 is 21.5 Å². The highest BCUT2D eigenvalue weighted by Crippen LogP contribution is 2.25. The van der Waals surface area contributed by atoms with Crippen molar-refractivity contribution in [1.29, 1.82) is 0 Å². The lowest BCUT2D eigenvalue weighted by molar-refractivity contribution is -0.120. The number of thiophene rings is 1. The van der Waals surface area contributed by atoms with E-state index in [1.165, 1.54) is 4.88 Å². The molecule has 2 atom stereocenters. The van der Waals surface area contributed by atoms with Crippen LogP contribution in [0.4, 0.5) is 0 Å². The lowest BCUT2D eigenvalue weighted by Crippen LogP contribution is -2.47. The Labute approximate surface area is 148 Å². The third-order valence-electron chi connectivity index (χ3n) is 3.65. The molecule has 2 heterocycles. The summed E-state index contributed by atoms with van der Waals surface area (Å²) in [5.41, 5.74) is 6.55. The summed E-state index contributed by atoms with van der Waals surface area (Å²) in [6.45, 7) is -0.105. The van der Waals surface area contributed by atoms with E-state index in [-0.39, 0.29) is 30.6 Å². The maximum absolute atomic E-state index is 12.0. The van der Waals surface area contributed by atoms with Gasteiger partial charge in [0, 0.05) is 11.3 Å². The highest BCUT2D eigenvalue weighted by atomic mass is 35.5. The number of rotatable bonds is 5. The third-order valence-corrected chi connectivity index (χ3v) is 4.97. The molecule has 1 aromatic carbocycles. The fraction of sp³-hybridized carbons (Fsp3) is 0.250. The first-order chi connectivity index (χ1) is 11.6. The molecule has 6 nitrogen and oxygen atoms in total. The minimum Gasteiger partial charge on any atom is -0.343 e. The zero-order valence-corrected chi connectivity index (χ0v) is 14.3. The van der Waals surface area contributed by atoms with Gasteiger partial charge in [0.05, 0.1) is 29.3 Å². The summed E-state index contributed by atoms with van der Waals surface area (Å²) < 4.78 is 0. The van der Waals surface area contributed by atoms with Gasteiger partial charge in [-0.05, 0) is 23.6 Å². The number of carbonyl (C=O) groups is 2. The first-order valence-electron chi connectivity index (χ1n) is 7.50. The van der Waals surface area contributed by atoms with Gasteiger partial charge in [-0.15, -0.1) is 11.3 Å². The summed E-state index contributed by atoms with van der Waals surface area (Å²) >= 11 is 7.63. The number of carbonyl (C=O) groups excluding carboxylic acids is 2. The number of hydrazine groups is 1. The maximum atomic E-state index is 12.0. The summed E-state index contributed by atoms with van der Waals surface area (Å²) in [6, 6.07) is 10.9. The zero-order valence-electron chi connectivity index (χ0n) is 12.7. The van der Waals surface area contributed by atoms with Gasteiger partial charge in [0.2, 0.25) is 5.91 Å². The molecule has 1 aromatic heterocycles. The fourth-order valence-electron chi connectivity index (χ4n) is 2.47. The van der Waals surface area contributed by atoms with Crippen molar-refractivity contribution in [2.45, 2.75) is 18.6 Å². The second-order valence-electron chi connectivity index (χ2n) is 5.38. The van der Waals surface area contributed by atoms with Gasteiger partial charge in [-0.25, -0.2) is 10.9 Å². The topological polar surface area (TPSA) is 82.3 Å². The largest absolute Gasteiger partial charge is 0.343 e. The lowest BCUT2D eigenvalue weighted by atomic mass is 10.2. The number of halogens is 1. The van der Waals surface area contributed by atoms with Crippen LogP contribution in [0.1, 0.15) is 27.7 Å². The lowest BCUT2D eigenvalue weighted by Gasteiger charge is -2.12. The monoisotopic (exact) mass is 364 g/mol. The van der Waals surface area contributed by atoms with E-state index in [0.717, 1.165) is 6.42 Å². The summed E-state index contributed by atoms with van der Waals surface area (Å²) in [4.78, 5) is 25.2. The summed E-state index contributed by atoms with van der Waals surface area (Å²) in [6.07, 6.45) is 0.562. The minimum atomic E-state index is -0.371. The molecule has 1 aliphatic rings. The van der Waals surface area contributed by atoms with E-state index >= 15 is 0 Å². The van der Waals surface area contributed by atoms with E-state index < -0.39 is 0 Å². The molecule has 2 aromatic rings. The number of amides is 2. The number of hydrogen-bond acceptors (Lipinski definition) is 5. The summed E-state index contributed by atoms with van der Waals surface area (Å²) in [7, 11) is 0. The quantitative estimate of drug-likeness (QED) is 0.652. The average Bonchev–Trinajstić information content (AvgIpc) is 3.24. The average molecular weight is 365 g/mol. The molecule has 0 spiro atoms. The molecule has 1 aliphatic heterocycles. The smallest absolute Gasteiger partial charge is 0.253 e. The van der Waals surface area contributed by atoms with Gasteiger partial charge in [0.25, 0.3) is 5.91 Å². The normalized spacial score (nSPS) is 19.9. The Kier molecular flexibility index (Phi) is 5.47. The highest BCUT2D eigenvalue weighted by Gasteiger charge is 2.26. The third kappa shape index (κ3) is 4.12. The van der Waals surface area contributed by atoms with Gasteiger partial charge in [-0.2, -0.15) is 0 Å². The predicted octanol–water partition coefficient (Wildman–Crippen LogP) is 1.81.